The molecule has 1 heterocycles. The van der Waals surface area contributed by atoms with Gasteiger partial charge in [0, 0.05) is 18.5 Å². The van der Waals surface area contributed by atoms with Gasteiger partial charge in [-0.15, -0.1) is 0 Å². The molecular weight excluding hydrogens is 246 g/mol. The number of fused-ring (bicyclic) bond motifs is 1. The Morgan fingerprint density at radius 2 is 1.85 bits per heavy atom. The minimum Gasteiger partial charge on any atom is -0.488 e. The van der Waals surface area contributed by atoms with E-state index >= 15 is 0 Å². The van der Waals surface area contributed by atoms with E-state index in [1.165, 1.54) is 27.8 Å². The van der Waals surface area contributed by atoms with E-state index in [9.17, 15) is 0 Å². The summed E-state index contributed by atoms with van der Waals surface area (Å²) in [5.74, 6) is 1.07. The van der Waals surface area contributed by atoms with Gasteiger partial charge in [-0.1, -0.05) is 35.9 Å². The van der Waals surface area contributed by atoms with E-state index in [0.29, 0.717) is 0 Å². The molecule has 104 valence electrons. The van der Waals surface area contributed by atoms with Gasteiger partial charge in [-0.25, -0.2) is 0 Å². The van der Waals surface area contributed by atoms with E-state index < -0.39 is 0 Å². The molecule has 1 unspecified atom stereocenters. The summed E-state index contributed by atoms with van der Waals surface area (Å²) >= 11 is 0. The molecule has 3 rings (SSSR count). The topological polar surface area (TPSA) is 21.3 Å². The van der Waals surface area contributed by atoms with Gasteiger partial charge in [0.05, 0.1) is 0 Å². The minimum absolute atomic E-state index is 0.251. The highest BCUT2D eigenvalue weighted by atomic mass is 16.5. The Morgan fingerprint density at radius 3 is 2.55 bits per heavy atom. The van der Waals surface area contributed by atoms with Gasteiger partial charge in [0.25, 0.3) is 0 Å². The number of likely N-dealkylation sites (N-methyl/N-ethyl adjacent to an activating group) is 1. The molecule has 2 nitrogen and oxygen atoms in total. The Balaban J connectivity index is 2.03. The second-order valence-electron chi connectivity index (χ2n) is 5.67. The third-order valence-electron chi connectivity index (χ3n) is 3.84. The average Bonchev–Trinajstić information content (AvgIpc) is 2.81. The maximum atomic E-state index is 6.16. The lowest BCUT2D eigenvalue weighted by molar-refractivity contribution is 0.232. The van der Waals surface area contributed by atoms with E-state index in [4.69, 9.17) is 4.74 Å². The van der Waals surface area contributed by atoms with Gasteiger partial charge in [-0.05, 0) is 43.7 Å². The van der Waals surface area contributed by atoms with Crippen molar-refractivity contribution in [2.24, 2.45) is 0 Å². The number of rotatable bonds is 3. The highest BCUT2D eigenvalue weighted by Crippen LogP contribution is 2.39. The van der Waals surface area contributed by atoms with Crippen LogP contribution in [-0.2, 0) is 6.42 Å². The van der Waals surface area contributed by atoms with Crippen molar-refractivity contribution in [3.8, 4) is 16.9 Å². The van der Waals surface area contributed by atoms with Crippen molar-refractivity contribution in [2.45, 2.75) is 26.4 Å². The Morgan fingerprint density at radius 1 is 1.10 bits per heavy atom. The summed E-state index contributed by atoms with van der Waals surface area (Å²) in [6.45, 7) is 5.16. The predicted molar refractivity (Wildman–Crippen MR) is 83.4 cm³/mol. The third kappa shape index (κ3) is 2.44. The van der Waals surface area contributed by atoms with Crippen molar-refractivity contribution < 1.29 is 4.74 Å². The fourth-order valence-corrected chi connectivity index (χ4v) is 2.88. The van der Waals surface area contributed by atoms with E-state index in [1.54, 1.807) is 0 Å². The first kappa shape index (κ1) is 13.2. The van der Waals surface area contributed by atoms with Crippen LogP contribution in [0.15, 0.2) is 36.4 Å². The summed E-state index contributed by atoms with van der Waals surface area (Å²) < 4.78 is 6.16. The monoisotopic (exact) mass is 267 g/mol. The van der Waals surface area contributed by atoms with Crippen molar-refractivity contribution in [1.29, 1.82) is 0 Å². The molecule has 1 aliphatic rings. The van der Waals surface area contributed by atoms with Gasteiger partial charge in [0.1, 0.15) is 11.9 Å². The smallest absolute Gasteiger partial charge is 0.130 e. The maximum Gasteiger partial charge on any atom is 0.130 e. The molecule has 2 aromatic carbocycles. The Hall–Kier alpha value is -1.80. The first-order valence-corrected chi connectivity index (χ1v) is 7.19. The highest BCUT2D eigenvalue weighted by molar-refractivity contribution is 5.74. The number of ether oxygens (including phenoxy) is 1. The molecule has 0 amide bonds. The van der Waals surface area contributed by atoms with Crippen LogP contribution in [0.4, 0.5) is 0 Å². The molecule has 0 aliphatic carbocycles. The van der Waals surface area contributed by atoms with Crippen LogP contribution in [0.5, 0.6) is 5.75 Å². The van der Waals surface area contributed by atoms with Crippen LogP contribution in [0.25, 0.3) is 11.1 Å². The summed E-state index contributed by atoms with van der Waals surface area (Å²) in [7, 11) is 1.97. The highest BCUT2D eigenvalue weighted by Gasteiger charge is 2.25. The van der Waals surface area contributed by atoms with Crippen LogP contribution in [0.2, 0.25) is 0 Å². The summed E-state index contributed by atoms with van der Waals surface area (Å²) in [6.07, 6.45) is 1.25. The van der Waals surface area contributed by atoms with E-state index in [-0.39, 0.29) is 6.10 Å². The zero-order valence-corrected chi connectivity index (χ0v) is 12.4. The van der Waals surface area contributed by atoms with Crippen LogP contribution < -0.4 is 10.1 Å². The van der Waals surface area contributed by atoms with Crippen molar-refractivity contribution >= 4 is 0 Å². The molecule has 1 N–H and O–H groups in total. The lowest BCUT2D eigenvalue weighted by Gasteiger charge is -2.13. The summed E-state index contributed by atoms with van der Waals surface area (Å²) in [6, 6.07) is 13.2. The molecule has 0 spiro atoms. The normalized spacial score (nSPS) is 16.9. The van der Waals surface area contributed by atoms with Crippen LogP contribution >= 0.6 is 0 Å². The molecule has 0 radical (unpaired) electrons. The number of benzene rings is 2. The zero-order valence-electron chi connectivity index (χ0n) is 12.4. The van der Waals surface area contributed by atoms with E-state index in [2.05, 4.69) is 55.6 Å². The van der Waals surface area contributed by atoms with Gasteiger partial charge in [-0.2, -0.15) is 0 Å². The molecule has 1 atom stereocenters. The van der Waals surface area contributed by atoms with Crippen molar-refractivity contribution in [2.75, 3.05) is 13.6 Å². The van der Waals surface area contributed by atoms with Crippen molar-refractivity contribution in [3.63, 3.8) is 0 Å². The molecule has 0 aromatic heterocycles. The lowest BCUT2D eigenvalue weighted by atomic mass is 9.97. The number of hydrogen-bond donors (Lipinski definition) is 1. The SMILES string of the molecule is CNCC1Cc2cc(C)cc(-c3ccc(C)cc3)c2O1. The van der Waals surface area contributed by atoms with Gasteiger partial charge < -0.3 is 10.1 Å². The minimum atomic E-state index is 0.251. The first-order chi connectivity index (χ1) is 9.67. The zero-order chi connectivity index (χ0) is 14.1. The third-order valence-corrected chi connectivity index (χ3v) is 3.84. The fourth-order valence-electron chi connectivity index (χ4n) is 2.88. The van der Waals surface area contributed by atoms with Crippen molar-refractivity contribution in [3.05, 3.63) is 53.1 Å². The van der Waals surface area contributed by atoms with Crippen LogP contribution in [0.1, 0.15) is 16.7 Å². The predicted octanol–water partition coefficient (Wildman–Crippen LogP) is 3.49. The van der Waals surface area contributed by atoms with Crippen LogP contribution in [-0.4, -0.2) is 19.7 Å². The molecule has 0 fully saturated rings. The Kier molecular flexibility index (Phi) is 3.49. The molecule has 2 aromatic rings. The quantitative estimate of drug-likeness (QED) is 0.919. The van der Waals surface area contributed by atoms with Gasteiger partial charge >= 0.3 is 0 Å². The Bertz CT molecular complexity index is 616. The summed E-state index contributed by atoms with van der Waals surface area (Å²) in [4.78, 5) is 0. The second kappa shape index (κ2) is 5.29. The molecule has 0 saturated carbocycles. The number of aryl methyl sites for hydroxylation is 2. The van der Waals surface area contributed by atoms with E-state index in [1.807, 2.05) is 7.05 Å². The average molecular weight is 267 g/mol. The lowest BCUT2D eigenvalue weighted by Crippen LogP contribution is -2.27. The first-order valence-electron chi connectivity index (χ1n) is 7.19. The maximum absolute atomic E-state index is 6.16. The molecule has 1 aliphatic heterocycles. The molecule has 20 heavy (non-hydrogen) atoms. The second-order valence-corrected chi connectivity index (χ2v) is 5.67. The summed E-state index contributed by atoms with van der Waals surface area (Å²) in [5.41, 5.74) is 6.38. The number of nitrogens with one attached hydrogen (secondary N) is 1. The largest absolute Gasteiger partial charge is 0.488 e. The molecule has 0 saturated heterocycles. The van der Waals surface area contributed by atoms with Crippen LogP contribution in [0, 0.1) is 13.8 Å². The Labute approximate surface area is 120 Å². The molecule has 2 heteroatoms. The standard InChI is InChI=1S/C18H21NO/c1-12-4-6-14(7-5-12)17-9-13(2)8-15-10-16(11-19-3)20-18(15)17/h4-9,16,19H,10-11H2,1-3H3. The van der Waals surface area contributed by atoms with Gasteiger partial charge in [0.15, 0.2) is 0 Å². The summed E-state index contributed by atoms with van der Waals surface area (Å²) in [5, 5.41) is 3.20. The van der Waals surface area contributed by atoms with Crippen molar-refractivity contribution in [1.82, 2.24) is 5.32 Å². The molecule has 0 bridgehead atoms. The van der Waals surface area contributed by atoms with E-state index in [0.717, 1.165) is 18.7 Å². The van der Waals surface area contributed by atoms with Crippen LogP contribution in [0.3, 0.4) is 0 Å². The fraction of sp³-hybridized carbons (Fsp3) is 0.333. The molecular formula is C18H21NO. The van der Waals surface area contributed by atoms with Gasteiger partial charge in [-0.3, -0.25) is 0 Å². The number of hydrogen-bond acceptors (Lipinski definition) is 2. The van der Waals surface area contributed by atoms with Gasteiger partial charge in [0.2, 0.25) is 0 Å².